The highest BCUT2D eigenvalue weighted by atomic mass is 16.6. The van der Waals surface area contributed by atoms with Crippen LogP contribution in [0.1, 0.15) is 31.2 Å². The maximum Gasteiger partial charge on any atom is 0.163 e. The van der Waals surface area contributed by atoms with Crippen LogP contribution < -0.4 is 15.2 Å². The van der Waals surface area contributed by atoms with Gasteiger partial charge in [0.15, 0.2) is 11.5 Å². The van der Waals surface area contributed by atoms with Crippen LogP contribution in [0.4, 0.5) is 5.69 Å². The van der Waals surface area contributed by atoms with Crippen molar-refractivity contribution in [2.45, 2.75) is 32.2 Å². The van der Waals surface area contributed by atoms with Gasteiger partial charge in [-0.3, -0.25) is 4.90 Å². The van der Waals surface area contributed by atoms with E-state index < -0.39 is 0 Å². The van der Waals surface area contributed by atoms with E-state index in [0.29, 0.717) is 13.2 Å². The number of benzene rings is 1. The molecule has 2 heterocycles. The quantitative estimate of drug-likeness (QED) is 0.832. The molecule has 0 radical (unpaired) electrons. The van der Waals surface area contributed by atoms with Crippen molar-refractivity contribution >= 4 is 5.69 Å². The smallest absolute Gasteiger partial charge is 0.163 e. The standard InChI is InChI=1S/C15H22N2O2/c16-13-10-15-14(18-7-8-19-15)9-12(13)11-17-5-3-1-2-4-6-17/h9-10H,1-8,11,16H2. The summed E-state index contributed by atoms with van der Waals surface area (Å²) < 4.78 is 11.2. The maximum absolute atomic E-state index is 6.14. The number of nitrogens with zero attached hydrogens (tertiary/aromatic N) is 1. The van der Waals surface area contributed by atoms with E-state index in [4.69, 9.17) is 15.2 Å². The second-order valence-corrected chi connectivity index (χ2v) is 5.39. The molecule has 3 rings (SSSR count). The summed E-state index contributed by atoms with van der Waals surface area (Å²) in [5, 5.41) is 0. The van der Waals surface area contributed by atoms with Gasteiger partial charge in [-0.25, -0.2) is 0 Å². The Morgan fingerprint density at radius 2 is 1.58 bits per heavy atom. The predicted octanol–water partition coefficient (Wildman–Crippen LogP) is 2.42. The molecule has 2 N–H and O–H groups in total. The van der Waals surface area contributed by atoms with Gasteiger partial charge in [0.05, 0.1) is 0 Å². The minimum atomic E-state index is 0.609. The van der Waals surface area contributed by atoms with Crippen LogP contribution in [-0.2, 0) is 6.54 Å². The highest BCUT2D eigenvalue weighted by Gasteiger charge is 2.17. The van der Waals surface area contributed by atoms with Gasteiger partial charge in [0.25, 0.3) is 0 Å². The van der Waals surface area contributed by atoms with E-state index >= 15 is 0 Å². The third-order valence-electron chi connectivity index (χ3n) is 3.90. The molecule has 2 aliphatic heterocycles. The van der Waals surface area contributed by atoms with E-state index in [0.717, 1.165) is 29.3 Å². The summed E-state index contributed by atoms with van der Waals surface area (Å²) in [4.78, 5) is 2.49. The van der Waals surface area contributed by atoms with Crippen LogP contribution in [0.3, 0.4) is 0 Å². The average Bonchev–Trinajstić information content (AvgIpc) is 2.68. The summed E-state index contributed by atoms with van der Waals surface area (Å²) >= 11 is 0. The molecular formula is C15H22N2O2. The first kappa shape index (κ1) is 12.6. The van der Waals surface area contributed by atoms with Gasteiger partial charge < -0.3 is 15.2 Å². The van der Waals surface area contributed by atoms with Crippen molar-refractivity contribution in [2.24, 2.45) is 0 Å². The van der Waals surface area contributed by atoms with Gasteiger partial charge in [-0.15, -0.1) is 0 Å². The number of nitrogens with two attached hydrogens (primary N) is 1. The van der Waals surface area contributed by atoms with E-state index in [2.05, 4.69) is 11.0 Å². The highest BCUT2D eigenvalue weighted by molar-refractivity contribution is 5.58. The van der Waals surface area contributed by atoms with E-state index in [1.807, 2.05) is 6.07 Å². The number of hydrogen-bond donors (Lipinski definition) is 1. The van der Waals surface area contributed by atoms with Crippen LogP contribution in [0, 0.1) is 0 Å². The molecule has 1 fully saturated rings. The Morgan fingerprint density at radius 3 is 2.26 bits per heavy atom. The molecule has 1 aromatic rings. The Morgan fingerprint density at radius 1 is 0.947 bits per heavy atom. The number of rotatable bonds is 2. The zero-order valence-corrected chi connectivity index (χ0v) is 11.4. The molecule has 2 aliphatic rings. The normalized spacial score (nSPS) is 20.0. The molecule has 1 aromatic carbocycles. The predicted molar refractivity (Wildman–Crippen MR) is 75.6 cm³/mol. The Kier molecular flexibility index (Phi) is 3.78. The molecule has 0 unspecified atom stereocenters. The zero-order chi connectivity index (χ0) is 13.1. The largest absolute Gasteiger partial charge is 0.486 e. The SMILES string of the molecule is Nc1cc2c(cc1CN1CCCCCC1)OCCO2. The van der Waals surface area contributed by atoms with Crippen molar-refractivity contribution in [3.63, 3.8) is 0 Å². The third-order valence-corrected chi connectivity index (χ3v) is 3.90. The number of ether oxygens (including phenoxy) is 2. The van der Waals surface area contributed by atoms with E-state index in [1.54, 1.807) is 0 Å². The van der Waals surface area contributed by atoms with Gasteiger partial charge in [-0.1, -0.05) is 12.8 Å². The molecule has 4 nitrogen and oxygen atoms in total. The zero-order valence-electron chi connectivity index (χ0n) is 11.4. The number of anilines is 1. The second kappa shape index (κ2) is 5.70. The van der Waals surface area contributed by atoms with E-state index in [-0.39, 0.29) is 0 Å². The van der Waals surface area contributed by atoms with Crippen LogP contribution in [0.2, 0.25) is 0 Å². The molecule has 0 atom stereocenters. The summed E-state index contributed by atoms with van der Waals surface area (Å²) in [5.74, 6) is 1.62. The molecule has 4 heteroatoms. The topological polar surface area (TPSA) is 47.7 Å². The third kappa shape index (κ3) is 2.95. The van der Waals surface area contributed by atoms with E-state index in [9.17, 15) is 0 Å². The van der Waals surface area contributed by atoms with Crippen molar-refractivity contribution in [1.82, 2.24) is 4.90 Å². The first-order valence-electron chi connectivity index (χ1n) is 7.23. The van der Waals surface area contributed by atoms with Crippen LogP contribution in [0.25, 0.3) is 0 Å². The summed E-state index contributed by atoms with van der Waals surface area (Å²) in [7, 11) is 0. The fourth-order valence-electron chi connectivity index (χ4n) is 2.82. The Labute approximate surface area is 114 Å². The summed E-state index contributed by atoms with van der Waals surface area (Å²) in [5.41, 5.74) is 8.11. The minimum Gasteiger partial charge on any atom is -0.486 e. The average molecular weight is 262 g/mol. The fourth-order valence-corrected chi connectivity index (χ4v) is 2.82. The highest BCUT2D eigenvalue weighted by Crippen LogP contribution is 2.35. The first-order valence-corrected chi connectivity index (χ1v) is 7.23. The van der Waals surface area contributed by atoms with Crippen molar-refractivity contribution in [2.75, 3.05) is 32.0 Å². The van der Waals surface area contributed by atoms with Crippen molar-refractivity contribution < 1.29 is 9.47 Å². The molecule has 0 aromatic heterocycles. The van der Waals surface area contributed by atoms with Crippen LogP contribution >= 0.6 is 0 Å². The number of nitrogen functional groups attached to an aromatic ring is 1. The number of hydrogen-bond acceptors (Lipinski definition) is 4. The lowest BCUT2D eigenvalue weighted by Crippen LogP contribution is -2.25. The van der Waals surface area contributed by atoms with Crippen LogP contribution in [0.15, 0.2) is 12.1 Å². The molecule has 1 saturated heterocycles. The lowest BCUT2D eigenvalue weighted by molar-refractivity contribution is 0.171. The molecule has 0 spiro atoms. The summed E-state index contributed by atoms with van der Waals surface area (Å²) in [6.07, 6.45) is 5.30. The van der Waals surface area contributed by atoms with Gasteiger partial charge in [-0.2, -0.15) is 0 Å². The Bertz CT molecular complexity index is 440. The van der Waals surface area contributed by atoms with Crippen LogP contribution in [0.5, 0.6) is 11.5 Å². The van der Waals surface area contributed by atoms with Gasteiger partial charge >= 0.3 is 0 Å². The molecular weight excluding hydrogens is 240 g/mol. The summed E-state index contributed by atoms with van der Waals surface area (Å²) in [6.45, 7) is 4.50. The minimum absolute atomic E-state index is 0.609. The monoisotopic (exact) mass is 262 g/mol. The lowest BCUT2D eigenvalue weighted by Gasteiger charge is -2.23. The Balaban J connectivity index is 1.76. The first-order chi connectivity index (χ1) is 9.33. The van der Waals surface area contributed by atoms with Gasteiger partial charge in [0.2, 0.25) is 0 Å². The lowest BCUT2D eigenvalue weighted by atomic mass is 10.1. The van der Waals surface area contributed by atoms with Crippen molar-refractivity contribution in [1.29, 1.82) is 0 Å². The molecule has 0 saturated carbocycles. The summed E-state index contributed by atoms with van der Waals surface area (Å²) in [6, 6.07) is 3.95. The fraction of sp³-hybridized carbons (Fsp3) is 0.600. The maximum atomic E-state index is 6.14. The van der Waals surface area contributed by atoms with E-state index in [1.165, 1.54) is 38.8 Å². The number of likely N-dealkylation sites (tertiary alicyclic amines) is 1. The molecule has 19 heavy (non-hydrogen) atoms. The Hall–Kier alpha value is -1.42. The van der Waals surface area contributed by atoms with Crippen LogP contribution in [-0.4, -0.2) is 31.2 Å². The molecule has 0 amide bonds. The molecule has 0 aliphatic carbocycles. The van der Waals surface area contributed by atoms with Crippen molar-refractivity contribution in [3.05, 3.63) is 17.7 Å². The van der Waals surface area contributed by atoms with Gasteiger partial charge in [0, 0.05) is 18.3 Å². The van der Waals surface area contributed by atoms with Gasteiger partial charge in [0.1, 0.15) is 13.2 Å². The van der Waals surface area contributed by atoms with Crippen molar-refractivity contribution in [3.8, 4) is 11.5 Å². The molecule has 0 bridgehead atoms. The van der Waals surface area contributed by atoms with Gasteiger partial charge in [-0.05, 0) is 37.6 Å². The second-order valence-electron chi connectivity index (χ2n) is 5.39. The number of fused-ring (bicyclic) bond motifs is 1. The molecule has 104 valence electrons.